The van der Waals surface area contributed by atoms with E-state index in [9.17, 15) is 4.79 Å². The molecular weight excluding hydrogens is 348 g/mol. The van der Waals surface area contributed by atoms with Crippen molar-refractivity contribution in [2.75, 3.05) is 45.9 Å². The quantitative estimate of drug-likeness (QED) is 0.834. The van der Waals surface area contributed by atoms with Gasteiger partial charge in [-0.25, -0.2) is 4.98 Å². The maximum Gasteiger partial charge on any atom is 0.234 e. The predicted molar refractivity (Wildman–Crippen MR) is 103 cm³/mol. The molecule has 0 spiro atoms. The van der Waals surface area contributed by atoms with Crippen LogP contribution in [0.5, 0.6) is 0 Å². The molecule has 0 unspecified atom stereocenters. The lowest BCUT2D eigenvalue weighted by molar-refractivity contribution is -0.123. The first-order valence-electron chi connectivity index (χ1n) is 9.44. The summed E-state index contributed by atoms with van der Waals surface area (Å²) in [6.45, 7) is 6.69. The van der Waals surface area contributed by atoms with Crippen molar-refractivity contribution in [2.24, 2.45) is 0 Å². The molecule has 6 nitrogen and oxygen atoms in total. The van der Waals surface area contributed by atoms with Gasteiger partial charge < -0.3 is 10.1 Å². The molecule has 2 aromatic rings. The number of rotatable bonds is 6. The topological polar surface area (TPSA) is 57.7 Å². The van der Waals surface area contributed by atoms with Crippen LogP contribution in [0.25, 0.3) is 10.2 Å². The van der Waals surface area contributed by atoms with Gasteiger partial charge in [-0.15, -0.1) is 11.3 Å². The number of fused-ring (bicyclic) bond motifs is 1. The van der Waals surface area contributed by atoms with Crippen LogP contribution in [-0.2, 0) is 16.1 Å². The number of hydrogen-bond acceptors (Lipinski definition) is 6. The molecule has 2 aliphatic heterocycles. The molecule has 0 bridgehead atoms. The van der Waals surface area contributed by atoms with Gasteiger partial charge in [-0.3, -0.25) is 14.6 Å². The first-order valence-corrected chi connectivity index (χ1v) is 10.3. The van der Waals surface area contributed by atoms with E-state index >= 15 is 0 Å². The summed E-state index contributed by atoms with van der Waals surface area (Å²) < 4.78 is 6.80. The highest BCUT2D eigenvalue weighted by atomic mass is 32.1. The summed E-state index contributed by atoms with van der Waals surface area (Å²) in [5.74, 6) is 0.111. The van der Waals surface area contributed by atoms with E-state index in [1.54, 1.807) is 11.3 Å². The van der Waals surface area contributed by atoms with Gasteiger partial charge >= 0.3 is 0 Å². The molecule has 26 heavy (non-hydrogen) atoms. The van der Waals surface area contributed by atoms with E-state index in [2.05, 4.69) is 33.3 Å². The minimum atomic E-state index is 0.111. The van der Waals surface area contributed by atoms with Crippen molar-refractivity contribution < 1.29 is 9.53 Å². The Balaban J connectivity index is 1.19. The van der Waals surface area contributed by atoms with Crippen LogP contribution in [0, 0.1) is 0 Å². The molecule has 1 amide bonds. The Hall–Kier alpha value is -1.54. The summed E-state index contributed by atoms with van der Waals surface area (Å²) in [6, 6.07) is 8.30. The first kappa shape index (κ1) is 17.9. The fraction of sp³-hybridized carbons (Fsp3) is 0.579. The number of thiazole rings is 1. The Morgan fingerprint density at radius 3 is 2.81 bits per heavy atom. The monoisotopic (exact) mass is 374 g/mol. The number of nitrogens with zero attached hydrogens (tertiary/aromatic N) is 3. The zero-order valence-electron chi connectivity index (χ0n) is 15.0. The van der Waals surface area contributed by atoms with Crippen molar-refractivity contribution in [2.45, 2.75) is 25.5 Å². The lowest BCUT2D eigenvalue weighted by Crippen LogP contribution is -2.49. The molecule has 1 aromatic heterocycles. The number of piperazine rings is 1. The van der Waals surface area contributed by atoms with Crippen molar-refractivity contribution in [3.8, 4) is 0 Å². The molecule has 7 heteroatoms. The Morgan fingerprint density at radius 2 is 2.04 bits per heavy atom. The van der Waals surface area contributed by atoms with Crippen LogP contribution in [-0.4, -0.2) is 72.7 Å². The van der Waals surface area contributed by atoms with E-state index < -0.39 is 0 Å². The third-order valence-corrected chi connectivity index (χ3v) is 6.10. The van der Waals surface area contributed by atoms with E-state index in [0.717, 1.165) is 57.7 Å². The number of carbonyl (C=O) groups excluding carboxylic acids is 1. The smallest absolute Gasteiger partial charge is 0.234 e. The van der Waals surface area contributed by atoms with E-state index in [1.165, 1.54) is 9.71 Å². The summed E-state index contributed by atoms with van der Waals surface area (Å²) >= 11 is 1.78. The van der Waals surface area contributed by atoms with E-state index in [1.807, 2.05) is 6.07 Å². The maximum atomic E-state index is 12.1. The zero-order valence-corrected chi connectivity index (χ0v) is 15.8. The second-order valence-corrected chi connectivity index (χ2v) is 8.18. The molecule has 0 radical (unpaired) electrons. The van der Waals surface area contributed by atoms with Crippen LogP contribution < -0.4 is 5.32 Å². The van der Waals surface area contributed by atoms with Gasteiger partial charge in [0.15, 0.2) is 0 Å². The second-order valence-electron chi connectivity index (χ2n) is 7.07. The molecule has 2 aliphatic rings. The Labute approximate surface area is 158 Å². The fourth-order valence-corrected chi connectivity index (χ4v) is 4.59. The highest BCUT2D eigenvalue weighted by Crippen LogP contribution is 2.23. The summed E-state index contributed by atoms with van der Waals surface area (Å²) in [4.78, 5) is 21.5. The van der Waals surface area contributed by atoms with Crippen molar-refractivity contribution in [3.63, 3.8) is 0 Å². The van der Waals surface area contributed by atoms with E-state index in [-0.39, 0.29) is 12.0 Å². The van der Waals surface area contributed by atoms with E-state index in [0.29, 0.717) is 13.1 Å². The molecule has 0 aliphatic carbocycles. The van der Waals surface area contributed by atoms with Crippen molar-refractivity contribution in [1.82, 2.24) is 20.1 Å². The molecule has 3 heterocycles. The number of benzene rings is 1. The van der Waals surface area contributed by atoms with Crippen LogP contribution in [0.15, 0.2) is 24.3 Å². The standard InChI is InChI=1S/C19H26N4O2S/c24-18(20-12-15-4-3-11-25-15)13-22-7-9-23(10-8-22)14-19-21-16-5-1-2-6-17(16)26-19/h1-2,5-6,15H,3-4,7-14H2,(H,20,24)/t15-/m1/s1. The van der Waals surface area contributed by atoms with Crippen molar-refractivity contribution in [1.29, 1.82) is 0 Å². The third-order valence-electron chi connectivity index (χ3n) is 5.08. The summed E-state index contributed by atoms with van der Waals surface area (Å²) in [7, 11) is 0. The normalized spacial score (nSPS) is 22.1. The minimum absolute atomic E-state index is 0.111. The van der Waals surface area contributed by atoms with Crippen LogP contribution >= 0.6 is 11.3 Å². The lowest BCUT2D eigenvalue weighted by atomic mass is 10.2. The molecule has 1 N–H and O–H groups in total. The third kappa shape index (κ3) is 4.59. The number of carbonyl (C=O) groups is 1. The van der Waals surface area contributed by atoms with Gasteiger partial charge in [-0.2, -0.15) is 0 Å². The first-order chi connectivity index (χ1) is 12.8. The minimum Gasteiger partial charge on any atom is -0.376 e. The molecule has 2 saturated heterocycles. The van der Waals surface area contributed by atoms with Gasteiger partial charge in [0.2, 0.25) is 5.91 Å². The highest BCUT2D eigenvalue weighted by molar-refractivity contribution is 7.18. The van der Waals surface area contributed by atoms with Crippen LogP contribution in [0.3, 0.4) is 0 Å². The molecule has 2 fully saturated rings. The molecule has 0 saturated carbocycles. The molecule has 1 aromatic carbocycles. The van der Waals surface area contributed by atoms with Gasteiger partial charge in [0, 0.05) is 39.3 Å². The highest BCUT2D eigenvalue weighted by Gasteiger charge is 2.21. The number of hydrogen-bond donors (Lipinski definition) is 1. The number of ether oxygens (including phenoxy) is 1. The molecule has 1 atom stereocenters. The average Bonchev–Trinajstić information content (AvgIpc) is 3.30. The molecule has 140 valence electrons. The number of aromatic nitrogens is 1. The fourth-order valence-electron chi connectivity index (χ4n) is 3.58. The Bertz CT molecular complexity index is 703. The van der Waals surface area contributed by atoms with Gasteiger partial charge in [0.05, 0.1) is 29.4 Å². The van der Waals surface area contributed by atoms with Crippen molar-refractivity contribution >= 4 is 27.5 Å². The SMILES string of the molecule is O=C(CN1CCN(Cc2nc3ccccc3s2)CC1)NC[C@H]1CCCO1. The van der Waals surface area contributed by atoms with Crippen LogP contribution in [0.4, 0.5) is 0 Å². The van der Waals surface area contributed by atoms with Crippen molar-refractivity contribution in [3.05, 3.63) is 29.3 Å². The van der Waals surface area contributed by atoms with Crippen LogP contribution in [0.1, 0.15) is 17.8 Å². The zero-order chi connectivity index (χ0) is 17.8. The Kier molecular flexibility index (Phi) is 5.79. The van der Waals surface area contributed by atoms with Crippen LogP contribution in [0.2, 0.25) is 0 Å². The average molecular weight is 375 g/mol. The van der Waals surface area contributed by atoms with Gasteiger partial charge in [-0.05, 0) is 25.0 Å². The van der Waals surface area contributed by atoms with E-state index in [4.69, 9.17) is 9.72 Å². The summed E-state index contributed by atoms with van der Waals surface area (Å²) in [5.41, 5.74) is 1.09. The summed E-state index contributed by atoms with van der Waals surface area (Å²) in [6.07, 6.45) is 2.38. The number of para-hydroxylation sites is 1. The Morgan fingerprint density at radius 1 is 1.23 bits per heavy atom. The van der Waals surface area contributed by atoms with Gasteiger partial charge in [-0.1, -0.05) is 12.1 Å². The number of amides is 1. The molecule has 4 rings (SSSR count). The lowest BCUT2D eigenvalue weighted by Gasteiger charge is -2.33. The molecular formula is C19H26N4O2S. The maximum absolute atomic E-state index is 12.1. The van der Waals surface area contributed by atoms with Gasteiger partial charge in [0.1, 0.15) is 5.01 Å². The number of nitrogens with one attached hydrogen (secondary N) is 1. The predicted octanol–water partition coefficient (Wildman–Crippen LogP) is 1.71. The van der Waals surface area contributed by atoms with Gasteiger partial charge in [0.25, 0.3) is 0 Å². The largest absolute Gasteiger partial charge is 0.376 e. The second kappa shape index (κ2) is 8.43. The summed E-state index contributed by atoms with van der Waals surface area (Å²) in [5, 5.41) is 4.19.